The number of ether oxygens (including phenoxy) is 1. The summed E-state index contributed by atoms with van der Waals surface area (Å²) >= 11 is 0. The average molecular weight is 173 g/mol. The summed E-state index contributed by atoms with van der Waals surface area (Å²) in [6, 6.07) is 0. The fourth-order valence-corrected chi connectivity index (χ4v) is 1.28. The highest BCUT2D eigenvalue weighted by Gasteiger charge is 2.19. The van der Waals surface area contributed by atoms with Crippen molar-refractivity contribution in [2.45, 2.75) is 32.0 Å². The molecule has 0 aromatic rings. The monoisotopic (exact) mass is 173 g/mol. The van der Waals surface area contributed by atoms with Gasteiger partial charge in [0.25, 0.3) is 0 Å². The van der Waals surface area contributed by atoms with E-state index in [4.69, 9.17) is 9.84 Å². The highest BCUT2D eigenvalue weighted by atomic mass is 16.5. The number of rotatable bonds is 3. The lowest BCUT2D eigenvalue weighted by atomic mass is 10.1. The Labute approximate surface area is 71.9 Å². The van der Waals surface area contributed by atoms with Gasteiger partial charge in [-0.3, -0.25) is 0 Å². The normalized spacial score (nSPS) is 22.1. The summed E-state index contributed by atoms with van der Waals surface area (Å²) in [6.45, 7) is 3.43. The Morgan fingerprint density at radius 1 is 1.58 bits per heavy atom. The maximum atomic E-state index is 10.4. The standard InChI is InChI=1S/C8H15NO3/c1-6(8(10)11)12-7-2-4-9-5-3-7/h6-7,9H,2-5H2,1H3,(H,10,11)/t6-/m1/s1. The molecule has 1 atom stereocenters. The topological polar surface area (TPSA) is 58.6 Å². The summed E-state index contributed by atoms with van der Waals surface area (Å²) in [7, 11) is 0. The van der Waals surface area contributed by atoms with E-state index in [1.165, 1.54) is 0 Å². The molecule has 1 heterocycles. The van der Waals surface area contributed by atoms with E-state index in [1.54, 1.807) is 6.92 Å². The maximum Gasteiger partial charge on any atom is 0.332 e. The van der Waals surface area contributed by atoms with Crippen LogP contribution in [0.1, 0.15) is 19.8 Å². The van der Waals surface area contributed by atoms with E-state index in [2.05, 4.69) is 5.32 Å². The van der Waals surface area contributed by atoms with E-state index >= 15 is 0 Å². The van der Waals surface area contributed by atoms with Crippen LogP contribution in [0.25, 0.3) is 0 Å². The van der Waals surface area contributed by atoms with Crippen molar-refractivity contribution in [1.82, 2.24) is 5.32 Å². The Hall–Kier alpha value is -0.610. The minimum absolute atomic E-state index is 0.123. The van der Waals surface area contributed by atoms with E-state index in [-0.39, 0.29) is 6.10 Å². The lowest BCUT2D eigenvalue weighted by Gasteiger charge is -2.24. The Morgan fingerprint density at radius 3 is 2.67 bits per heavy atom. The zero-order valence-electron chi connectivity index (χ0n) is 7.25. The van der Waals surface area contributed by atoms with Crippen LogP contribution in [0.4, 0.5) is 0 Å². The smallest absolute Gasteiger partial charge is 0.332 e. The molecule has 1 saturated heterocycles. The number of carbonyl (C=O) groups is 1. The van der Waals surface area contributed by atoms with Crippen molar-refractivity contribution in [3.8, 4) is 0 Å². The molecular formula is C8H15NO3. The largest absolute Gasteiger partial charge is 0.479 e. The van der Waals surface area contributed by atoms with Gasteiger partial charge in [-0.1, -0.05) is 0 Å². The predicted molar refractivity (Wildman–Crippen MR) is 44.1 cm³/mol. The third kappa shape index (κ3) is 2.79. The van der Waals surface area contributed by atoms with Crippen molar-refractivity contribution in [2.24, 2.45) is 0 Å². The number of piperidine rings is 1. The van der Waals surface area contributed by atoms with Crippen LogP contribution in [0.3, 0.4) is 0 Å². The molecule has 4 nitrogen and oxygen atoms in total. The van der Waals surface area contributed by atoms with Gasteiger partial charge >= 0.3 is 5.97 Å². The molecule has 0 aromatic carbocycles. The van der Waals surface area contributed by atoms with E-state index in [0.717, 1.165) is 25.9 Å². The van der Waals surface area contributed by atoms with Crippen LogP contribution < -0.4 is 5.32 Å². The Kier molecular flexibility index (Phi) is 3.49. The molecule has 0 spiro atoms. The number of hydrogen-bond acceptors (Lipinski definition) is 3. The Bertz CT molecular complexity index is 154. The molecular weight excluding hydrogens is 158 g/mol. The molecule has 1 aliphatic rings. The molecule has 1 aliphatic heterocycles. The second-order valence-electron chi connectivity index (χ2n) is 3.07. The summed E-state index contributed by atoms with van der Waals surface area (Å²) in [4.78, 5) is 10.4. The predicted octanol–water partition coefficient (Wildman–Crippen LogP) is 0.228. The minimum Gasteiger partial charge on any atom is -0.479 e. The molecule has 4 heteroatoms. The Morgan fingerprint density at radius 2 is 2.17 bits per heavy atom. The number of carboxylic acid groups (broad SMARTS) is 1. The van der Waals surface area contributed by atoms with E-state index < -0.39 is 12.1 Å². The molecule has 0 radical (unpaired) electrons. The van der Waals surface area contributed by atoms with Crippen LogP contribution in [-0.4, -0.2) is 36.4 Å². The number of nitrogens with one attached hydrogen (secondary N) is 1. The molecule has 0 saturated carbocycles. The van der Waals surface area contributed by atoms with Crippen molar-refractivity contribution in [3.63, 3.8) is 0 Å². The highest BCUT2D eigenvalue weighted by molar-refractivity contribution is 5.71. The summed E-state index contributed by atoms with van der Waals surface area (Å²) < 4.78 is 5.31. The molecule has 0 aromatic heterocycles. The van der Waals surface area contributed by atoms with Gasteiger partial charge in [-0.05, 0) is 32.9 Å². The van der Waals surface area contributed by atoms with Crippen molar-refractivity contribution in [2.75, 3.05) is 13.1 Å². The van der Waals surface area contributed by atoms with Gasteiger partial charge in [-0.15, -0.1) is 0 Å². The summed E-state index contributed by atoms with van der Waals surface area (Å²) in [5.41, 5.74) is 0. The lowest BCUT2D eigenvalue weighted by Crippen LogP contribution is -2.36. The molecule has 0 bridgehead atoms. The van der Waals surface area contributed by atoms with Crippen LogP contribution in [0, 0.1) is 0 Å². The van der Waals surface area contributed by atoms with E-state index in [1.807, 2.05) is 0 Å². The highest BCUT2D eigenvalue weighted by Crippen LogP contribution is 2.09. The molecule has 0 unspecified atom stereocenters. The van der Waals surface area contributed by atoms with Gasteiger partial charge in [0, 0.05) is 0 Å². The van der Waals surface area contributed by atoms with Crippen molar-refractivity contribution >= 4 is 5.97 Å². The van der Waals surface area contributed by atoms with Gasteiger partial charge in [-0.2, -0.15) is 0 Å². The molecule has 0 amide bonds. The molecule has 12 heavy (non-hydrogen) atoms. The number of carboxylic acids is 1. The number of aliphatic carboxylic acids is 1. The quantitative estimate of drug-likeness (QED) is 0.641. The zero-order chi connectivity index (χ0) is 8.97. The van der Waals surface area contributed by atoms with Crippen molar-refractivity contribution in [3.05, 3.63) is 0 Å². The first-order chi connectivity index (χ1) is 5.70. The second-order valence-corrected chi connectivity index (χ2v) is 3.07. The van der Waals surface area contributed by atoms with Crippen LogP contribution in [-0.2, 0) is 9.53 Å². The first-order valence-corrected chi connectivity index (χ1v) is 4.29. The minimum atomic E-state index is -0.881. The molecule has 0 aliphatic carbocycles. The Balaban J connectivity index is 2.24. The van der Waals surface area contributed by atoms with Gasteiger partial charge in [0.1, 0.15) is 0 Å². The molecule has 70 valence electrons. The lowest BCUT2D eigenvalue weighted by molar-refractivity contribution is -0.153. The number of hydrogen-bond donors (Lipinski definition) is 2. The first-order valence-electron chi connectivity index (χ1n) is 4.29. The van der Waals surface area contributed by atoms with Crippen LogP contribution in [0.5, 0.6) is 0 Å². The summed E-state index contributed by atoms with van der Waals surface area (Å²) in [5.74, 6) is -0.881. The fourth-order valence-electron chi connectivity index (χ4n) is 1.28. The first kappa shape index (κ1) is 9.48. The summed E-state index contributed by atoms with van der Waals surface area (Å²) in [6.07, 6.45) is 1.28. The molecule has 1 fully saturated rings. The van der Waals surface area contributed by atoms with Gasteiger partial charge in [0.15, 0.2) is 6.10 Å². The fraction of sp³-hybridized carbons (Fsp3) is 0.875. The van der Waals surface area contributed by atoms with Gasteiger partial charge < -0.3 is 15.2 Å². The summed E-state index contributed by atoms with van der Waals surface area (Å²) in [5, 5.41) is 11.8. The van der Waals surface area contributed by atoms with Crippen LogP contribution in [0.15, 0.2) is 0 Å². The van der Waals surface area contributed by atoms with Crippen LogP contribution in [0.2, 0.25) is 0 Å². The third-order valence-corrected chi connectivity index (χ3v) is 2.03. The average Bonchev–Trinajstić information content (AvgIpc) is 2.06. The van der Waals surface area contributed by atoms with Crippen molar-refractivity contribution < 1.29 is 14.6 Å². The van der Waals surface area contributed by atoms with Crippen molar-refractivity contribution in [1.29, 1.82) is 0 Å². The molecule has 1 rings (SSSR count). The SMILES string of the molecule is C[C@@H](OC1CCNCC1)C(=O)O. The maximum absolute atomic E-state index is 10.4. The van der Waals surface area contributed by atoms with Crippen LogP contribution >= 0.6 is 0 Å². The zero-order valence-corrected chi connectivity index (χ0v) is 7.25. The third-order valence-electron chi connectivity index (χ3n) is 2.03. The van der Waals surface area contributed by atoms with E-state index in [0.29, 0.717) is 0 Å². The van der Waals surface area contributed by atoms with E-state index in [9.17, 15) is 4.79 Å². The molecule has 2 N–H and O–H groups in total. The van der Waals surface area contributed by atoms with Gasteiger partial charge in [-0.25, -0.2) is 4.79 Å². The van der Waals surface area contributed by atoms with Gasteiger partial charge in [0.2, 0.25) is 0 Å². The van der Waals surface area contributed by atoms with Gasteiger partial charge in [0.05, 0.1) is 6.10 Å². The second kappa shape index (κ2) is 4.42.